The summed E-state index contributed by atoms with van der Waals surface area (Å²) in [6.45, 7) is 2.68. The SMILES string of the molecule is CC1(C(=O)Nc2ccccc2F)CCCN1. The maximum Gasteiger partial charge on any atom is 0.244 e. The van der Waals surface area contributed by atoms with Crippen molar-refractivity contribution in [1.29, 1.82) is 0 Å². The summed E-state index contributed by atoms with van der Waals surface area (Å²) in [5.41, 5.74) is -0.329. The van der Waals surface area contributed by atoms with E-state index < -0.39 is 11.4 Å². The molecule has 86 valence electrons. The summed E-state index contributed by atoms with van der Waals surface area (Å²) in [5.74, 6) is -0.576. The number of hydrogen-bond acceptors (Lipinski definition) is 2. The molecule has 1 aromatic rings. The maximum atomic E-state index is 13.3. The molecule has 1 fully saturated rings. The van der Waals surface area contributed by atoms with E-state index in [2.05, 4.69) is 10.6 Å². The summed E-state index contributed by atoms with van der Waals surface area (Å²) in [7, 11) is 0. The van der Waals surface area contributed by atoms with Gasteiger partial charge in [-0.05, 0) is 38.4 Å². The maximum absolute atomic E-state index is 13.3. The van der Waals surface area contributed by atoms with Crippen molar-refractivity contribution in [2.45, 2.75) is 25.3 Å². The molecule has 0 saturated carbocycles. The Morgan fingerprint density at radius 3 is 2.88 bits per heavy atom. The van der Waals surface area contributed by atoms with Crippen LogP contribution in [0.1, 0.15) is 19.8 Å². The number of para-hydroxylation sites is 1. The molecule has 1 aromatic carbocycles. The third kappa shape index (κ3) is 2.07. The van der Waals surface area contributed by atoms with Gasteiger partial charge in [-0.3, -0.25) is 4.79 Å². The highest BCUT2D eigenvalue weighted by molar-refractivity contribution is 5.98. The van der Waals surface area contributed by atoms with Crippen LogP contribution in [-0.2, 0) is 4.79 Å². The van der Waals surface area contributed by atoms with Crippen molar-refractivity contribution < 1.29 is 9.18 Å². The predicted octanol–water partition coefficient (Wildman–Crippen LogP) is 1.91. The van der Waals surface area contributed by atoms with E-state index in [1.54, 1.807) is 18.2 Å². The van der Waals surface area contributed by atoms with Gasteiger partial charge in [0.15, 0.2) is 0 Å². The highest BCUT2D eigenvalue weighted by atomic mass is 19.1. The molecule has 1 aliphatic heterocycles. The van der Waals surface area contributed by atoms with E-state index in [0.717, 1.165) is 19.4 Å². The fourth-order valence-corrected chi connectivity index (χ4v) is 1.91. The quantitative estimate of drug-likeness (QED) is 0.802. The Labute approximate surface area is 94.0 Å². The first-order chi connectivity index (χ1) is 7.62. The average molecular weight is 222 g/mol. The van der Waals surface area contributed by atoms with E-state index in [1.807, 2.05) is 6.92 Å². The normalized spacial score (nSPS) is 24.4. The first kappa shape index (κ1) is 11.1. The Hall–Kier alpha value is -1.42. The van der Waals surface area contributed by atoms with Crippen LogP contribution in [-0.4, -0.2) is 18.0 Å². The van der Waals surface area contributed by atoms with Crippen LogP contribution in [0.4, 0.5) is 10.1 Å². The number of rotatable bonds is 2. The van der Waals surface area contributed by atoms with E-state index in [4.69, 9.17) is 0 Å². The molecule has 1 unspecified atom stereocenters. The summed E-state index contributed by atoms with van der Waals surface area (Å²) in [6.07, 6.45) is 1.76. The van der Waals surface area contributed by atoms with Gasteiger partial charge in [0.25, 0.3) is 0 Å². The molecular formula is C12H15FN2O. The van der Waals surface area contributed by atoms with Gasteiger partial charge in [0.05, 0.1) is 11.2 Å². The van der Waals surface area contributed by atoms with Crippen LogP contribution < -0.4 is 10.6 Å². The van der Waals surface area contributed by atoms with Gasteiger partial charge in [0.1, 0.15) is 5.82 Å². The molecule has 1 aliphatic rings. The second-order valence-corrected chi connectivity index (χ2v) is 4.30. The molecule has 2 rings (SSSR count). The summed E-state index contributed by atoms with van der Waals surface area (Å²) in [5, 5.41) is 5.75. The summed E-state index contributed by atoms with van der Waals surface area (Å²) >= 11 is 0. The Kier molecular flexibility index (Phi) is 2.92. The second kappa shape index (κ2) is 4.22. The number of carbonyl (C=O) groups excluding carboxylic acids is 1. The number of benzene rings is 1. The number of halogens is 1. The van der Waals surface area contributed by atoms with Crippen LogP contribution in [0.25, 0.3) is 0 Å². The molecule has 1 amide bonds. The van der Waals surface area contributed by atoms with Crippen molar-refractivity contribution in [3.05, 3.63) is 30.1 Å². The molecule has 0 aliphatic carbocycles. The van der Waals surface area contributed by atoms with Gasteiger partial charge in [-0.2, -0.15) is 0 Å². The highest BCUT2D eigenvalue weighted by Crippen LogP contribution is 2.21. The molecule has 1 atom stereocenters. The molecule has 0 spiro atoms. The van der Waals surface area contributed by atoms with Gasteiger partial charge < -0.3 is 10.6 Å². The van der Waals surface area contributed by atoms with Crippen LogP contribution in [0.5, 0.6) is 0 Å². The second-order valence-electron chi connectivity index (χ2n) is 4.30. The predicted molar refractivity (Wildman–Crippen MR) is 60.7 cm³/mol. The first-order valence-electron chi connectivity index (χ1n) is 5.43. The first-order valence-corrected chi connectivity index (χ1v) is 5.43. The average Bonchev–Trinajstić information content (AvgIpc) is 2.70. The van der Waals surface area contributed by atoms with Crippen molar-refractivity contribution >= 4 is 11.6 Å². The van der Waals surface area contributed by atoms with Gasteiger partial charge in [0.2, 0.25) is 5.91 Å². The lowest BCUT2D eigenvalue weighted by atomic mass is 9.99. The Bertz CT molecular complexity index is 400. The zero-order chi connectivity index (χ0) is 11.6. The fraction of sp³-hybridized carbons (Fsp3) is 0.417. The van der Waals surface area contributed by atoms with E-state index in [1.165, 1.54) is 6.07 Å². The molecule has 1 saturated heterocycles. The number of anilines is 1. The number of carbonyl (C=O) groups is 1. The molecule has 1 heterocycles. The van der Waals surface area contributed by atoms with E-state index in [0.29, 0.717) is 0 Å². The minimum absolute atomic E-state index is 0.171. The largest absolute Gasteiger partial charge is 0.322 e. The highest BCUT2D eigenvalue weighted by Gasteiger charge is 2.36. The minimum atomic E-state index is -0.567. The van der Waals surface area contributed by atoms with Crippen molar-refractivity contribution in [2.75, 3.05) is 11.9 Å². The summed E-state index contributed by atoms with van der Waals surface area (Å²) in [4.78, 5) is 11.9. The summed E-state index contributed by atoms with van der Waals surface area (Å²) in [6, 6.07) is 6.19. The molecular weight excluding hydrogens is 207 g/mol. The minimum Gasteiger partial charge on any atom is -0.322 e. The lowest BCUT2D eigenvalue weighted by Gasteiger charge is -2.23. The smallest absolute Gasteiger partial charge is 0.244 e. The zero-order valence-electron chi connectivity index (χ0n) is 9.22. The van der Waals surface area contributed by atoms with Crippen LogP contribution in [0, 0.1) is 5.82 Å². The molecule has 16 heavy (non-hydrogen) atoms. The third-order valence-corrected chi connectivity index (χ3v) is 2.99. The monoisotopic (exact) mass is 222 g/mol. The Morgan fingerprint density at radius 2 is 2.25 bits per heavy atom. The van der Waals surface area contributed by atoms with Crippen molar-refractivity contribution in [3.8, 4) is 0 Å². The summed E-state index contributed by atoms with van der Waals surface area (Å²) < 4.78 is 13.3. The van der Waals surface area contributed by atoms with Gasteiger partial charge in [-0.1, -0.05) is 12.1 Å². The third-order valence-electron chi connectivity index (χ3n) is 2.99. The molecule has 3 nitrogen and oxygen atoms in total. The van der Waals surface area contributed by atoms with Crippen LogP contribution in [0.2, 0.25) is 0 Å². The van der Waals surface area contributed by atoms with Crippen LogP contribution >= 0.6 is 0 Å². The van der Waals surface area contributed by atoms with Crippen LogP contribution in [0.15, 0.2) is 24.3 Å². The molecule has 2 N–H and O–H groups in total. The van der Waals surface area contributed by atoms with Crippen molar-refractivity contribution in [2.24, 2.45) is 0 Å². The topological polar surface area (TPSA) is 41.1 Å². The molecule has 0 radical (unpaired) electrons. The number of hydrogen-bond donors (Lipinski definition) is 2. The lowest BCUT2D eigenvalue weighted by molar-refractivity contribution is -0.121. The van der Waals surface area contributed by atoms with Gasteiger partial charge in [-0.15, -0.1) is 0 Å². The van der Waals surface area contributed by atoms with E-state index in [9.17, 15) is 9.18 Å². The van der Waals surface area contributed by atoms with Crippen LogP contribution in [0.3, 0.4) is 0 Å². The fourth-order valence-electron chi connectivity index (χ4n) is 1.91. The molecule has 0 aromatic heterocycles. The number of amides is 1. The van der Waals surface area contributed by atoms with Gasteiger partial charge in [0, 0.05) is 0 Å². The Balaban J connectivity index is 2.10. The zero-order valence-corrected chi connectivity index (χ0v) is 9.22. The van der Waals surface area contributed by atoms with Crippen molar-refractivity contribution in [3.63, 3.8) is 0 Å². The molecule has 4 heteroatoms. The van der Waals surface area contributed by atoms with Crippen molar-refractivity contribution in [1.82, 2.24) is 5.32 Å². The number of nitrogens with one attached hydrogen (secondary N) is 2. The van der Waals surface area contributed by atoms with E-state index >= 15 is 0 Å². The van der Waals surface area contributed by atoms with Gasteiger partial charge >= 0.3 is 0 Å². The van der Waals surface area contributed by atoms with E-state index in [-0.39, 0.29) is 11.6 Å². The van der Waals surface area contributed by atoms with Gasteiger partial charge in [-0.25, -0.2) is 4.39 Å². The molecule has 0 bridgehead atoms. The Morgan fingerprint density at radius 1 is 1.50 bits per heavy atom. The lowest BCUT2D eigenvalue weighted by Crippen LogP contribution is -2.48. The standard InChI is InChI=1S/C12H15FN2O/c1-12(7-4-8-14-12)11(16)15-10-6-3-2-5-9(10)13/h2-3,5-6,14H,4,7-8H2,1H3,(H,15,16).